The quantitative estimate of drug-likeness (QED) is 0.600. The van der Waals surface area contributed by atoms with Gasteiger partial charge in [-0.1, -0.05) is 11.6 Å². The Morgan fingerprint density at radius 1 is 1.44 bits per heavy atom. The first kappa shape index (κ1) is 5.65. The molecule has 0 bridgehead atoms. The van der Waals surface area contributed by atoms with Crippen LogP contribution in [0, 0.1) is 0 Å². The zero-order valence-corrected chi connectivity index (χ0v) is 6.69. The van der Waals surface area contributed by atoms with Crippen LogP contribution >= 0.6 is 34.5 Å². The fourth-order valence-corrected chi connectivity index (χ4v) is 2.64. The van der Waals surface area contributed by atoms with Gasteiger partial charge in [-0.05, 0) is 11.5 Å². The second kappa shape index (κ2) is 1.94. The Labute approximate surface area is 65.1 Å². The maximum Gasteiger partial charge on any atom is 0.138 e. The van der Waals surface area contributed by atoms with E-state index in [-0.39, 0.29) is 0 Å². The fourth-order valence-electron chi connectivity index (χ4n) is 0.641. The number of hydrogen-bond donors (Lipinski definition) is 0. The predicted octanol–water partition coefficient (Wildman–Crippen LogP) is 3.01. The molecule has 4 heteroatoms. The lowest BCUT2D eigenvalue weighted by atomic mass is 10.5. The number of hydrogen-bond acceptors (Lipinski definition) is 3. The van der Waals surface area contributed by atoms with Crippen molar-refractivity contribution < 1.29 is 0 Å². The van der Waals surface area contributed by atoms with Crippen molar-refractivity contribution in [1.29, 1.82) is 0 Å². The van der Waals surface area contributed by atoms with Crippen LogP contribution in [-0.4, -0.2) is 4.37 Å². The van der Waals surface area contributed by atoms with Gasteiger partial charge in [-0.15, -0.1) is 11.3 Å². The van der Waals surface area contributed by atoms with Gasteiger partial charge in [0.2, 0.25) is 0 Å². The first-order valence-corrected chi connectivity index (χ1v) is 4.44. The lowest BCUT2D eigenvalue weighted by Gasteiger charge is -1.71. The van der Waals surface area contributed by atoms with Crippen molar-refractivity contribution in [3.05, 3.63) is 15.8 Å². The van der Waals surface area contributed by atoms with Crippen LogP contribution in [0.25, 0.3) is 10.2 Å². The Morgan fingerprint density at radius 3 is 3.11 bits per heavy atom. The van der Waals surface area contributed by atoms with Crippen LogP contribution in [0.3, 0.4) is 0 Å². The molecule has 0 aliphatic rings. The minimum Gasteiger partial charge on any atom is -0.182 e. The van der Waals surface area contributed by atoms with Gasteiger partial charge in [0.1, 0.15) is 4.83 Å². The molecule has 2 rings (SSSR count). The molecule has 0 unspecified atom stereocenters. The Bertz CT molecular complexity index is 324. The maximum atomic E-state index is 5.79. The largest absolute Gasteiger partial charge is 0.182 e. The van der Waals surface area contributed by atoms with Crippen LogP contribution in [0.2, 0.25) is 5.02 Å². The summed E-state index contributed by atoms with van der Waals surface area (Å²) in [6.45, 7) is 0. The van der Waals surface area contributed by atoms with Gasteiger partial charge >= 0.3 is 0 Å². The molecule has 0 saturated heterocycles. The van der Waals surface area contributed by atoms with E-state index in [2.05, 4.69) is 4.37 Å². The molecular formula is C5H2ClNS2. The Hall–Kier alpha value is -0.120. The van der Waals surface area contributed by atoms with Crippen molar-refractivity contribution in [2.75, 3.05) is 0 Å². The van der Waals surface area contributed by atoms with Gasteiger partial charge in [-0.25, -0.2) is 0 Å². The topological polar surface area (TPSA) is 12.9 Å². The summed E-state index contributed by atoms with van der Waals surface area (Å²) in [5.41, 5.74) is 0. The minimum atomic E-state index is 0.823. The van der Waals surface area contributed by atoms with Crippen molar-refractivity contribution in [2.24, 2.45) is 0 Å². The van der Waals surface area contributed by atoms with E-state index in [1.807, 2.05) is 10.8 Å². The van der Waals surface area contributed by atoms with Crippen molar-refractivity contribution in [3.63, 3.8) is 0 Å². The number of thiophene rings is 1. The van der Waals surface area contributed by atoms with E-state index in [0.717, 1.165) is 15.2 Å². The average molecular weight is 176 g/mol. The third kappa shape index (κ3) is 0.764. The van der Waals surface area contributed by atoms with Crippen LogP contribution < -0.4 is 0 Å². The fraction of sp³-hybridized carbons (Fsp3) is 0. The van der Waals surface area contributed by atoms with Crippen molar-refractivity contribution in [3.8, 4) is 0 Å². The Balaban J connectivity index is 2.99. The highest BCUT2D eigenvalue weighted by atomic mass is 35.5. The van der Waals surface area contributed by atoms with Gasteiger partial charge in [0.05, 0.1) is 5.02 Å². The monoisotopic (exact) mass is 175 g/mol. The molecule has 0 aliphatic heterocycles. The van der Waals surface area contributed by atoms with E-state index in [4.69, 9.17) is 11.6 Å². The number of fused-ring (bicyclic) bond motifs is 1. The van der Waals surface area contributed by atoms with E-state index in [0.29, 0.717) is 0 Å². The molecule has 0 fully saturated rings. The molecule has 0 spiro atoms. The van der Waals surface area contributed by atoms with Crippen molar-refractivity contribution in [1.82, 2.24) is 4.37 Å². The first-order chi connectivity index (χ1) is 4.38. The molecule has 2 aromatic rings. The standard InChI is InChI=1S/C5H2ClNS2/c6-4-2-8-5-3(4)1-9-7-5/h1-2H. The third-order valence-electron chi connectivity index (χ3n) is 1.07. The second-order valence-electron chi connectivity index (χ2n) is 1.62. The van der Waals surface area contributed by atoms with Crippen LogP contribution in [0.4, 0.5) is 0 Å². The SMILES string of the molecule is Clc1csc2nscc12. The van der Waals surface area contributed by atoms with Crippen LogP contribution in [-0.2, 0) is 0 Å². The minimum absolute atomic E-state index is 0.823. The maximum absolute atomic E-state index is 5.79. The molecule has 2 heterocycles. The number of halogens is 1. The van der Waals surface area contributed by atoms with E-state index in [1.54, 1.807) is 11.3 Å². The molecule has 46 valence electrons. The molecule has 1 nitrogen and oxygen atoms in total. The number of aromatic nitrogens is 1. The normalized spacial score (nSPS) is 10.8. The molecule has 0 aromatic carbocycles. The van der Waals surface area contributed by atoms with Gasteiger partial charge in [0, 0.05) is 16.1 Å². The van der Waals surface area contributed by atoms with Gasteiger partial charge in [0.25, 0.3) is 0 Å². The van der Waals surface area contributed by atoms with Crippen LogP contribution in [0.1, 0.15) is 0 Å². The predicted molar refractivity (Wildman–Crippen MR) is 42.5 cm³/mol. The molecule has 0 saturated carbocycles. The highest BCUT2D eigenvalue weighted by molar-refractivity contribution is 7.19. The van der Waals surface area contributed by atoms with Gasteiger partial charge in [-0.3, -0.25) is 0 Å². The highest BCUT2D eigenvalue weighted by Crippen LogP contribution is 2.29. The van der Waals surface area contributed by atoms with Gasteiger partial charge in [0.15, 0.2) is 0 Å². The summed E-state index contributed by atoms with van der Waals surface area (Å²) >= 11 is 8.83. The molecule has 0 radical (unpaired) electrons. The molecule has 2 aromatic heterocycles. The van der Waals surface area contributed by atoms with E-state index < -0.39 is 0 Å². The molecule has 0 atom stereocenters. The van der Waals surface area contributed by atoms with Gasteiger partial charge < -0.3 is 0 Å². The highest BCUT2D eigenvalue weighted by Gasteiger charge is 2.01. The number of nitrogens with zero attached hydrogens (tertiary/aromatic N) is 1. The zero-order chi connectivity index (χ0) is 6.27. The van der Waals surface area contributed by atoms with Crippen LogP contribution in [0.5, 0.6) is 0 Å². The Kier molecular flexibility index (Phi) is 1.22. The summed E-state index contributed by atoms with van der Waals surface area (Å²) in [6.07, 6.45) is 0. The summed E-state index contributed by atoms with van der Waals surface area (Å²) in [5, 5.41) is 5.79. The lowest BCUT2D eigenvalue weighted by molar-refractivity contribution is 1.76. The number of rotatable bonds is 0. The molecular weight excluding hydrogens is 174 g/mol. The van der Waals surface area contributed by atoms with Gasteiger partial charge in [-0.2, -0.15) is 4.37 Å². The average Bonchev–Trinajstić information content (AvgIpc) is 2.35. The molecule has 0 aliphatic carbocycles. The smallest absolute Gasteiger partial charge is 0.138 e. The summed E-state index contributed by atoms with van der Waals surface area (Å²) in [6, 6.07) is 0. The summed E-state index contributed by atoms with van der Waals surface area (Å²) < 4.78 is 4.12. The second-order valence-corrected chi connectivity index (χ2v) is 3.51. The zero-order valence-electron chi connectivity index (χ0n) is 4.30. The van der Waals surface area contributed by atoms with Crippen molar-refractivity contribution in [2.45, 2.75) is 0 Å². The summed E-state index contributed by atoms with van der Waals surface area (Å²) in [4.78, 5) is 1.05. The van der Waals surface area contributed by atoms with E-state index in [9.17, 15) is 0 Å². The van der Waals surface area contributed by atoms with Crippen molar-refractivity contribution >= 4 is 44.7 Å². The van der Waals surface area contributed by atoms with Crippen LogP contribution in [0.15, 0.2) is 10.8 Å². The Morgan fingerprint density at radius 2 is 2.33 bits per heavy atom. The van der Waals surface area contributed by atoms with E-state index >= 15 is 0 Å². The molecule has 0 N–H and O–H groups in total. The lowest BCUT2D eigenvalue weighted by Crippen LogP contribution is -1.48. The molecule has 9 heavy (non-hydrogen) atoms. The first-order valence-electron chi connectivity index (χ1n) is 2.35. The third-order valence-corrected chi connectivity index (χ3v) is 3.14. The summed E-state index contributed by atoms with van der Waals surface area (Å²) in [7, 11) is 0. The summed E-state index contributed by atoms with van der Waals surface area (Å²) in [5.74, 6) is 0. The van der Waals surface area contributed by atoms with E-state index in [1.165, 1.54) is 11.5 Å². The molecule has 0 amide bonds.